The minimum Gasteiger partial charge on any atom is -0.426 e. The maximum atomic E-state index is 13.6. The molecule has 0 aliphatic carbocycles. The van der Waals surface area contributed by atoms with E-state index in [1.807, 2.05) is 30.3 Å². The van der Waals surface area contributed by atoms with E-state index in [2.05, 4.69) is 10.6 Å². The van der Waals surface area contributed by atoms with Crippen LogP contribution >= 0.6 is 0 Å². The Labute approximate surface area is 217 Å². The van der Waals surface area contributed by atoms with Crippen LogP contribution in [0.1, 0.15) is 31.2 Å². The molecule has 1 saturated heterocycles. The van der Waals surface area contributed by atoms with Crippen LogP contribution in [-0.2, 0) is 20.7 Å². The number of likely N-dealkylation sites (tertiary alicyclic amines) is 1. The molecule has 3 amide bonds. The topological polar surface area (TPSA) is 137 Å². The number of hydrogen-bond donors (Lipinski definition) is 4. The van der Waals surface area contributed by atoms with Crippen LogP contribution in [0.5, 0.6) is 5.75 Å². The Bertz CT molecular complexity index is 1010. The van der Waals surface area contributed by atoms with E-state index in [0.29, 0.717) is 44.6 Å². The molecule has 1 aliphatic rings. The van der Waals surface area contributed by atoms with Gasteiger partial charge in [-0.1, -0.05) is 48.5 Å². The first kappa shape index (κ1) is 28.2. The van der Waals surface area contributed by atoms with Gasteiger partial charge in [-0.2, -0.15) is 0 Å². The molecule has 1 fully saturated rings. The third-order valence-electron chi connectivity index (χ3n) is 6.22. The van der Waals surface area contributed by atoms with E-state index < -0.39 is 43.1 Å². The number of ether oxygens (including phenoxy) is 2. The molecule has 0 radical (unpaired) electrons. The van der Waals surface area contributed by atoms with E-state index in [0.717, 1.165) is 5.56 Å². The van der Waals surface area contributed by atoms with Gasteiger partial charge in [-0.25, -0.2) is 4.79 Å². The zero-order valence-electron chi connectivity index (χ0n) is 20.9. The first-order valence-electron chi connectivity index (χ1n) is 12.4. The van der Waals surface area contributed by atoms with E-state index in [-0.39, 0.29) is 6.42 Å². The second-order valence-electron chi connectivity index (χ2n) is 8.94. The molecule has 198 valence electrons. The molecule has 0 aromatic heterocycles. The summed E-state index contributed by atoms with van der Waals surface area (Å²) >= 11 is 0. The fraction of sp³-hybridized carbons (Fsp3) is 0.423. The largest absolute Gasteiger partial charge is 0.475 e. The molecule has 2 aromatic carbocycles. The lowest BCUT2D eigenvalue weighted by Gasteiger charge is -2.30. The van der Waals surface area contributed by atoms with Gasteiger partial charge in [0.05, 0.1) is 5.94 Å². The molecule has 1 aliphatic heterocycles. The van der Waals surface area contributed by atoms with Crippen molar-refractivity contribution in [3.8, 4) is 5.75 Å². The maximum absolute atomic E-state index is 13.6. The van der Waals surface area contributed by atoms with Crippen LogP contribution in [0.3, 0.4) is 0 Å². The fourth-order valence-electron chi connectivity index (χ4n) is 4.34. The lowest BCUT2D eigenvalue weighted by molar-refractivity contribution is -0.140. The van der Waals surface area contributed by atoms with Crippen molar-refractivity contribution in [1.29, 1.82) is 0 Å². The van der Waals surface area contributed by atoms with Crippen molar-refractivity contribution < 1.29 is 33.9 Å². The Morgan fingerprint density at radius 3 is 2.38 bits per heavy atom. The SMILES string of the molecule is COCCC[C@@H](NC(=O)C1CCCN1C(=O)[C@@H](Cc1ccccc1)NC(=O)Oc1ccccc1)B(O)O. The molecule has 0 bridgehead atoms. The summed E-state index contributed by atoms with van der Waals surface area (Å²) in [5.41, 5.74) is 0.836. The van der Waals surface area contributed by atoms with E-state index >= 15 is 0 Å². The van der Waals surface area contributed by atoms with Crippen LogP contribution in [0.2, 0.25) is 0 Å². The molecule has 37 heavy (non-hydrogen) atoms. The van der Waals surface area contributed by atoms with Crippen molar-refractivity contribution >= 4 is 25.0 Å². The summed E-state index contributed by atoms with van der Waals surface area (Å²) in [6.45, 7) is 0.757. The van der Waals surface area contributed by atoms with E-state index in [1.54, 1.807) is 37.4 Å². The van der Waals surface area contributed by atoms with Crippen molar-refractivity contribution in [2.75, 3.05) is 20.3 Å². The van der Waals surface area contributed by atoms with Crippen molar-refractivity contribution in [1.82, 2.24) is 15.5 Å². The van der Waals surface area contributed by atoms with Gasteiger partial charge in [0.1, 0.15) is 17.8 Å². The monoisotopic (exact) mass is 511 g/mol. The second-order valence-corrected chi connectivity index (χ2v) is 8.94. The summed E-state index contributed by atoms with van der Waals surface area (Å²) in [5.74, 6) is -1.43. The van der Waals surface area contributed by atoms with Gasteiger partial charge in [0.25, 0.3) is 0 Å². The van der Waals surface area contributed by atoms with Gasteiger partial charge < -0.3 is 35.1 Å². The Hall–Kier alpha value is -3.41. The minimum absolute atomic E-state index is 0.212. The smallest absolute Gasteiger partial charge is 0.426 e. The number of benzene rings is 2. The molecule has 3 atom stereocenters. The zero-order chi connectivity index (χ0) is 26.6. The number of nitrogens with one attached hydrogen (secondary N) is 2. The number of rotatable bonds is 12. The van der Waals surface area contributed by atoms with E-state index in [4.69, 9.17) is 9.47 Å². The van der Waals surface area contributed by atoms with Crippen molar-refractivity contribution in [3.05, 3.63) is 66.2 Å². The van der Waals surface area contributed by atoms with Gasteiger partial charge >= 0.3 is 13.2 Å². The molecule has 0 saturated carbocycles. The van der Waals surface area contributed by atoms with Crippen LogP contribution in [-0.4, -0.2) is 78.3 Å². The van der Waals surface area contributed by atoms with Crippen LogP contribution in [0, 0.1) is 0 Å². The van der Waals surface area contributed by atoms with Crippen molar-refractivity contribution in [2.45, 2.75) is 50.1 Å². The Morgan fingerprint density at radius 2 is 1.73 bits per heavy atom. The van der Waals surface area contributed by atoms with Crippen LogP contribution in [0.25, 0.3) is 0 Å². The Balaban J connectivity index is 1.72. The third kappa shape index (κ3) is 8.59. The highest BCUT2D eigenvalue weighted by atomic mass is 16.6. The molecule has 3 rings (SSSR count). The average molecular weight is 511 g/mol. The first-order chi connectivity index (χ1) is 17.9. The molecule has 1 heterocycles. The summed E-state index contributed by atoms with van der Waals surface area (Å²) < 4.78 is 10.3. The molecular formula is C26H34BN3O7. The summed E-state index contributed by atoms with van der Waals surface area (Å²) in [5, 5.41) is 24.7. The van der Waals surface area contributed by atoms with Gasteiger partial charge in [0.15, 0.2) is 0 Å². The van der Waals surface area contributed by atoms with Gasteiger partial charge in [-0.05, 0) is 43.4 Å². The Morgan fingerprint density at radius 1 is 1.05 bits per heavy atom. The lowest BCUT2D eigenvalue weighted by Crippen LogP contribution is -2.57. The molecular weight excluding hydrogens is 477 g/mol. The highest BCUT2D eigenvalue weighted by Crippen LogP contribution is 2.20. The number of nitrogens with zero attached hydrogens (tertiary/aromatic N) is 1. The molecule has 2 aromatic rings. The third-order valence-corrected chi connectivity index (χ3v) is 6.22. The molecule has 10 nitrogen and oxygen atoms in total. The number of hydrogen-bond acceptors (Lipinski definition) is 7. The van der Waals surface area contributed by atoms with E-state index in [1.165, 1.54) is 4.90 Å². The fourth-order valence-corrected chi connectivity index (χ4v) is 4.34. The molecule has 4 N–H and O–H groups in total. The van der Waals surface area contributed by atoms with Gasteiger partial charge in [0, 0.05) is 26.7 Å². The van der Waals surface area contributed by atoms with Gasteiger partial charge in [0.2, 0.25) is 11.8 Å². The Kier molecular flexibility index (Phi) is 10.9. The molecule has 1 unspecified atom stereocenters. The number of methoxy groups -OCH3 is 1. The first-order valence-corrected chi connectivity index (χ1v) is 12.4. The second kappa shape index (κ2) is 14.4. The van der Waals surface area contributed by atoms with Crippen LogP contribution < -0.4 is 15.4 Å². The molecule has 11 heteroatoms. The van der Waals surface area contributed by atoms with Crippen molar-refractivity contribution in [3.63, 3.8) is 0 Å². The van der Waals surface area contributed by atoms with Crippen molar-refractivity contribution in [2.24, 2.45) is 0 Å². The van der Waals surface area contributed by atoms with Gasteiger partial charge in [-0.15, -0.1) is 0 Å². The number of carbonyl (C=O) groups excluding carboxylic acids is 3. The molecule has 0 spiro atoms. The average Bonchev–Trinajstić information content (AvgIpc) is 3.38. The highest BCUT2D eigenvalue weighted by Gasteiger charge is 2.39. The van der Waals surface area contributed by atoms with Crippen LogP contribution in [0.4, 0.5) is 4.79 Å². The lowest BCUT2D eigenvalue weighted by atomic mass is 9.76. The predicted octanol–water partition coefficient (Wildman–Crippen LogP) is 1.30. The van der Waals surface area contributed by atoms with E-state index in [9.17, 15) is 24.4 Å². The predicted molar refractivity (Wildman–Crippen MR) is 138 cm³/mol. The standard InChI is InChI=1S/C26H34BN3O7/c1-36-17-9-15-23(27(34)35)29-24(31)22-14-8-16-30(22)25(32)21(18-19-10-4-2-5-11-19)28-26(33)37-20-12-6-3-7-13-20/h2-7,10-13,21-23,34-35H,8-9,14-18H2,1H3,(H,28,33)(H,29,31)/t21-,22?,23-/m1/s1. The van der Waals surface area contributed by atoms with Gasteiger partial charge in [-0.3, -0.25) is 9.59 Å². The summed E-state index contributed by atoms with van der Waals surface area (Å²) in [6, 6.07) is 16.0. The maximum Gasteiger partial charge on any atom is 0.475 e. The normalized spacial score (nSPS) is 16.5. The highest BCUT2D eigenvalue weighted by molar-refractivity contribution is 6.43. The van der Waals surface area contributed by atoms with Crippen LogP contribution in [0.15, 0.2) is 60.7 Å². The zero-order valence-corrected chi connectivity index (χ0v) is 20.9. The summed E-state index contributed by atoms with van der Waals surface area (Å²) in [7, 11) is -0.202. The quantitative estimate of drug-likeness (QED) is 0.249. The summed E-state index contributed by atoms with van der Waals surface area (Å²) in [4.78, 5) is 40.8. The summed E-state index contributed by atoms with van der Waals surface area (Å²) in [6.07, 6.45) is 1.30. The number of amides is 3. The number of para-hydroxylation sites is 1. The number of carbonyl (C=O) groups is 3. The minimum atomic E-state index is -1.74.